The van der Waals surface area contributed by atoms with Gasteiger partial charge in [-0.15, -0.1) is 0 Å². The topological polar surface area (TPSA) is 47.1 Å². The second kappa shape index (κ2) is 12.3. The molecule has 184 valence electrons. The maximum atomic E-state index is 5.81. The summed E-state index contributed by atoms with van der Waals surface area (Å²) in [5.74, 6) is 1.11. The number of rotatable bonds is 12. The Morgan fingerprint density at radius 2 is 1.50 bits per heavy atom. The second-order valence-corrected chi connectivity index (χ2v) is 10.4. The summed E-state index contributed by atoms with van der Waals surface area (Å²) in [5.41, 5.74) is 12.1. The van der Waals surface area contributed by atoms with Crippen LogP contribution in [0.4, 0.5) is 0 Å². The van der Waals surface area contributed by atoms with Crippen LogP contribution in [0.2, 0.25) is 0 Å². The number of benzene rings is 2. The van der Waals surface area contributed by atoms with Crippen LogP contribution in [0.25, 0.3) is 11.4 Å². The highest BCUT2D eigenvalue weighted by atomic mass is 15.2. The molecular weight excluding hydrogens is 416 g/mol. The van der Waals surface area contributed by atoms with Gasteiger partial charge in [0.2, 0.25) is 0 Å². The van der Waals surface area contributed by atoms with E-state index >= 15 is 0 Å². The lowest BCUT2D eigenvalue weighted by Crippen LogP contribution is -2.28. The highest BCUT2D eigenvalue weighted by Crippen LogP contribution is 2.32. The Morgan fingerprint density at radius 3 is 2.09 bits per heavy atom. The number of hydrogen-bond acceptors (Lipinski definition) is 3. The molecule has 2 N–H and O–H groups in total. The third-order valence-corrected chi connectivity index (χ3v) is 6.42. The van der Waals surface area contributed by atoms with E-state index in [4.69, 9.17) is 10.7 Å². The summed E-state index contributed by atoms with van der Waals surface area (Å²) >= 11 is 0. The fraction of sp³-hybridized carbons (Fsp3) is 0.500. The molecule has 4 heteroatoms. The minimum atomic E-state index is -0.0183. The van der Waals surface area contributed by atoms with Crippen LogP contribution in [0.15, 0.2) is 54.6 Å². The van der Waals surface area contributed by atoms with E-state index in [1.54, 1.807) is 0 Å². The standard InChI is InChI=1S/C30H44N4/c1-6-8-19-33(22-25-17-15-24(21-31)16-18-25)23-27-28(30(3,4)5)32-29(34(27)20-9-7-2)26-13-11-10-12-14-26/h10-18H,6-9,19-23,31H2,1-5H3. The minimum absolute atomic E-state index is 0.0183. The molecule has 0 saturated heterocycles. The van der Waals surface area contributed by atoms with Gasteiger partial charge in [0.05, 0.1) is 11.4 Å². The van der Waals surface area contributed by atoms with Crippen molar-refractivity contribution in [3.05, 3.63) is 77.1 Å². The van der Waals surface area contributed by atoms with E-state index in [0.29, 0.717) is 6.54 Å². The first-order chi connectivity index (χ1) is 16.4. The first-order valence-corrected chi connectivity index (χ1v) is 13.0. The number of unbranched alkanes of at least 4 members (excludes halogenated alkanes) is 2. The Labute approximate surface area is 207 Å². The Balaban J connectivity index is 2.02. The number of aromatic nitrogens is 2. The summed E-state index contributed by atoms with van der Waals surface area (Å²) in [5, 5.41) is 0. The summed E-state index contributed by atoms with van der Waals surface area (Å²) in [6.45, 7) is 15.9. The number of nitrogens with two attached hydrogens (primary N) is 1. The van der Waals surface area contributed by atoms with Crippen molar-refractivity contribution in [2.75, 3.05) is 6.54 Å². The molecule has 0 saturated carbocycles. The van der Waals surface area contributed by atoms with Crippen molar-refractivity contribution in [2.24, 2.45) is 5.73 Å². The van der Waals surface area contributed by atoms with Gasteiger partial charge in [0.25, 0.3) is 0 Å². The van der Waals surface area contributed by atoms with E-state index < -0.39 is 0 Å². The van der Waals surface area contributed by atoms with Gasteiger partial charge >= 0.3 is 0 Å². The van der Waals surface area contributed by atoms with Gasteiger partial charge in [0, 0.05) is 37.2 Å². The molecule has 3 aromatic rings. The van der Waals surface area contributed by atoms with Crippen molar-refractivity contribution >= 4 is 0 Å². The molecule has 0 amide bonds. The molecule has 0 atom stereocenters. The summed E-state index contributed by atoms with van der Waals surface area (Å²) in [7, 11) is 0. The zero-order valence-corrected chi connectivity index (χ0v) is 22.0. The van der Waals surface area contributed by atoms with E-state index in [1.165, 1.54) is 47.3 Å². The van der Waals surface area contributed by atoms with Crippen molar-refractivity contribution in [3.8, 4) is 11.4 Å². The molecule has 0 fully saturated rings. The normalized spacial score (nSPS) is 12.0. The van der Waals surface area contributed by atoms with Gasteiger partial charge in [-0.1, -0.05) is 102 Å². The number of hydrogen-bond donors (Lipinski definition) is 1. The van der Waals surface area contributed by atoms with Crippen molar-refractivity contribution in [1.82, 2.24) is 14.5 Å². The monoisotopic (exact) mass is 460 g/mol. The molecule has 1 aromatic heterocycles. The van der Waals surface area contributed by atoms with Crippen LogP contribution in [0, 0.1) is 0 Å². The van der Waals surface area contributed by atoms with Gasteiger partial charge in [-0.05, 0) is 30.5 Å². The van der Waals surface area contributed by atoms with Crippen LogP contribution in [-0.2, 0) is 31.6 Å². The van der Waals surface area contributed by atoms with E-state index in [2.05, 4.69) is 98.7 Å². The van der Waals surface area contributed by atoms with E-state index in [0.717, 1.165) is 38.4 Å². The van der Waals surface area contributed by atoms with Crippen LogP contribution >= 0.6 is 0 Å². The van der Waals surface area contributed by atoms with E-state index in [-0.39, 0.29) is 5.41 Å². The van der Waals surface area contributed by atoms with Gasteiger partial charge in [-0.2, -0.15) is 0 Å². The maximum Gasteiger partial charge on any atom is 0.140 e. The molecule has 34 heavy (non-hydrogen) atoms. The first-order valence-electron chi connectivity index (χ1n) is 13.0. The molecule has 1 heterocycles. The van der Waals surface area contributed by atoms with Gasteiger partial charge < -0.3 is 10.3 Å². The Morgan fingerprint density at radius 1 is 0.853 bits per heavy atom. The van der Waals surface area contributed by atoms with Gasteiger partial charge in [0.15, 0.2) is 0 Å². The molecule has 3 rings (SSSR count). The molecule has 0 radical (unpaired) electrons. The minimum Gasteiger partial charge on any atom is -0.327 e. The zero-order chi connectivity index (χ0) is 24.6. The summed E-state index contributed by atoms with van der Waals surface area (Å²) in [6, 6.07) is 19.5. The van der Waals surface area contributed by atoms with Crippen LogP contribution < -0.4 is 5.73 Å². The van der Waals surface area contributed by atoms with Crippen molar-refractivity contribution < 1.29 is 0 Å². The lowest BCUT2D eigenvalue weighted by Gasteiger charge is -2.26. The quantitative estimate of drug-likeness (QED) is 0.319. The highest BCUT2D eigenvalue weighted by Gasteiger charge is 2.27. The molecular formula is C30H44N4. The summed E-state index contributed by atoms with van der Waals surface area (Å²) in [4.78, 5) is 7.89. The molecule has 2 aromatic carbocycles. The Bertz CT molecular complexity index is 997. The largest absolute Gasteiger partial charge is 0.327 e. The third-order valence-electron chi connectivity index (χ3n) is 6.42. The van der Waals surface area contributed by atoms with E-state index in [1.807, 2.05) is 0 Å². The maximum absolute atomic E-state index is 5.81. The lowest BCUT2D eigenvalue weighted by molar-refractivity contribution is 0.244. The SMILES string of the molecule is CCCCN(Cc1ccc(CN)cc1)Cc1c(C(C)(C)C)nc(-c2ccccc2)n1CCCC. The fourth-order valence-corrected chi connectivity index (χ4v) is 4.46. The lowest BCUT2D eigenvalue weighted by atomic mass is 9.90. The zero-order valence-electron chi connectivity index (χ0n) is 22.0. The average molecular weight is 461 g/mol. The predicted molar refractivity (Wildman–Crippen MR) is 145 cm³/mol. The Kier molecular flexibility index (Phi) is 9.49. The fourth-order valence-electron chi connectivity index (χ4n) is 4.46. The molecule has 0 spiro atoms. The van der Waals surface area contributed by atoms with Crippen molar-refractivity contribution in [2.45, 2.75) is 91.9 Å². The first kappa shape index (κ1) is 26.2. The summed E-state index contributed by atoms with van der Waals surface area (Å²) in [6.07, 6.45) is 4.71. The van der Waals surface area contributed by atoms with Crippen LogP contribution in [-0.4, -0.2) is 21.0 Å². The molecule has 0 unspecified atom stereocenters. The number of nitrogens with zero attached hydrogens (tertiary/aromatic N) is 3. The second-order valence-electron chi connectivity index (χ2n) is 10.4. The van der Waals surface area contributed by atoms with Gasteiger partial charge in [0.1, 0.15) is 5.82 Å². The predicted octanol–water partition coefficient (Wildman–Crippen LogP) is 6.91. The Hall–Kier alpha value is -2.43. The molecule has 4 nitrogen and oxygen atoms in total. The molecule has 0 bridgehead atoms. The van der Waals surface area contributed by atoms with Gasteiger partial charge in [-0.25, -0.2) is 4.98 Å². The van der Waals surface area contributed by atoms with E-state index in [9.17, 15) is 0 Å². The summed E-state index contributed by atoms with van der Waals surface area (Å²) < 4.78 is 2.51. The molecule has 0 aliphatic carbocycles. The molecule has 0 aliphatic rings. The van der Waals surface area contributed by atoms with Crippen LogP contribution in [0.5, 0.6) is 0 Å². The van der Waals surface area contributed by atoms with Crippen molar-refractivity contribution in [3.63, 3.8) is 0 Å². The van der Waals surface area contributed by atoms with Crippen LogP contribution in [0.3, 0.4) is 0 Å². The number of imidazole rings is 1. The highest BCUT2D eigenvalue weighted by molar-refractivity contribution is 5.57. The third kappa shape index (κ3) is 6.80. The van der Waals surface area contributed by atoms with Gasteiger partial charge in [-0.3, -0.25) is 4.90 Å². The molecule has 0 aliphatic heterocycles. The van der Waals surface area contributed by atoms with Crippen molar-refractivity contribution in [1.29, 1.82) is 0 Å². The smallest absolute Gasteiger partial charge is 0.140 e. The average Bonchev–Trinajstić information content (AvgIpc) is 3.20. The van der Waals surface area contributed by atoms with Crippen LogP contribution in [0.1, 0.15) is 82.8 Å².